The van der Waals surface area contributed by atoms with Crippen LogP contribution in [0, 0.1) is 24.0 Å². The molecular formula is C15H13N5O3S. The molecule has 3 aromatic rings. The Morgan fingerprint density at radius 1 is 1.38 bits per heavy atom. The van der Waals surface area contributed by atoms with Gasteiger partial charge in [0.2, 0.25) is 0 Å². The summed E-state index contributed by atoms with van der Waals surface area (Å²) in [5, 5.41) is 16.6. The highest BCUT2D eigenvalue weighted by atomic mass is 32.1. The lowest BCUT2D eigenvalue weighted by molar-refractivity contribution is -0.384. The van der Waals surface area contributed by atoms with Crippen LogP contribution < -0.4 is 5.43 Å². The molecular weight excluding hydrogens is 330 g/mol. The van der Waals surface area contributed by atoms with Crippen molar-refractivity contribution in [3.63, 3.8) is 0 Å². The van der Waals surface area contributed by atoms with E-state index in [1.807, 2.05) is 23.6 Å². The first-order valence-corrected chi connectivity index (χ1v) is 7.86. The van der Waals surface area contributed by atoms with E-state index in [9.17, 15) is 14.9 Å². The number of nitro groups is 1. The lowest BCUT2D eigenvalue weighted by Gasteiger charge is -2.00. The zero-order chi connectivity index (χ0) is 17.3. The molecule has 0 aliphatic rings. The third-order valence-corrected chi connectivity index (χ3v) is 4.39. The summed E-state index contributed by atoms with van der Waals surface area (Å²) in [6.45, 7) is 3.84. The van der Waals surface area contributed by atoms with Gasteiger partial charge in [-0.25, -0.2) is 10.4 Å². The minimum absolute atomic E-state index is 0.0692. The number of thiazole rings is 1. The first-order valence-electron chi connectivity index (χ1n) is 6.98. The maximum Gasteiger partial charge on any atom is 0.271 e. The fourth-order valence-corrected chi connectivity index (χ4v) is 3.15. The molecule has 1 aromatic carbocycles. The van der Waals surface area contributed by atoms with E-state index in [0.29, 0.717) is 5.56 Å². The number of aromatic nitrogens is 2. The average molecular weight is 343 g/mol. The first-order chi connectivity index (χ1) is 11.5. The number of benzene rings is 1. The number of nitrogens with one attached hydrogen (secondary N) is 1. The number of rotatable bonds is 4. The molecule has 0 spiro atoms. The molecule has 2 aromatic heterocycles. The fraction of sp³-hybridized carbons (Fsp3) is 0.133. The van der Waals surface area contributed by atoms with Gasteiger partial charge in [0.25, 0.3) is 11.6 Å². The molecule has 0 fully saturated rings. The Hall–Kier alpha value is -3.07. The number of amides is 1. The minimum Gasteiger partial charge on any atom is -0.286 e. The molecule has 9 heteroatoms. The van der Waals surface area contributed by atoms with Gasteiger partial charge in [0.1, 0.15) is 0 Å². The van der Waals surface area contributed by atoms with Crippen LogP contribution in [0.4, 0.5) is 5.69 Å². The number of aryl methyl sites for hydroxylation is 2. The summed E-state index contributed by atoms with van der Waals surface area (Å²) >= 11 is 1.54. The number of nitrogens with zero attached hydrogens (tertiary/aromatic N) is 4. The zero-order valence-electron chi connectivity index (χ0n) is 12.9. The molecule has 0 bridgehead atoms. The number of hydrogen-bond acceptors (Lipinski definition) is 6. The maximum atomic E-state index is 12.0. The number of carbonyl (C=O) groups excluding carboxylic acids is 1. The lowest BCUT2D eigenvalue weighted by atomic mass is 10.2. The van der Waals surface area contributed by atoms with Crippen molar-refractivity contribution >= 4 is 34.1 Å². The Balaban J connectivity index is 1.75. The van der Waals surface area contributed by atoms with Crippen LogP contribution in [-0.4, -0.2) is 26.4 Å². The molecule has 0 atom stereocenters. The molecule has 1 amide bonds. The van der Waals surface area contributed by atoms with E-state index in [2.05, 4.69) is 15.5 Å². The minimum atomic E-state index is -0.517. The van der Waals surface area contributed by atoms with Gasteiger partial charge in [0, 0.05) is 28.8 Å². The molecule has 3 rings (SSSR count). The first kappa shape index (κ1) is 15.8. The number of carbonyl (C=O) groups is 1. The highest BCUT2D eigenvalue weighted by molar-refractivity contribution is 7.15. The van der Waals surface area contributed by atoms with E-state index in [1.165, 1.54) is 35.6 Å². The van der Waals surface area contributed by atoms with Gasteiger partial charge in [-0.2, -0.15) is 5.10 Å². The number of hydrogen-bond donors (Lipinski definition) is 1. The third kappa shape index (κ3) is 2.88. The molecule has 2 heterocycles. The predicted molar refractivity (Wildman–Crippen MR) is 90.7 cm³/mol. The highest BCUT2D eigenvalue weighted by Crippen LogP contribution is 2.19. The van der Waals surface area contributed by atoms with Crippen LogP contribution in [0.15, 0.2) is 34.7 Å². The Morgan fingerprint density at radius 2 is 2.08 bits per heavy atom. The van der Waals surface area contributed by atoms with Crippen LogP contribution in [0.3, 0.4) is 0 Å². The van der Waals surface area contributed by atoms with E-state index in [4.69, 9.17) is 0 Å². The molecule has 0 radical (unpaired) electrons. The third-order valence-electron chi connectivity index (χ3n) is 3.45. The Morgan fingerprint density at radius 3 is 2.75 bits per heavy atom. The van der Waals surface area contributed by atoms with Crippen molar-refractivity contribution in [2.45, 2.75) is 13.8 Å². The topological polar surface area (TPSA) is 102 Å². The summed E-state index contributed by atoms with van der Waals surface area (Å²) in [7, 11) is 0. The summed E-state index contributed by atoms with van der Waals surface area (Å²) in [5.74, 6) is -0.443. The van der Waals surface area contributed by atoms with Gasteiger partial charge < -0.3 is 0 Å². The van der Waals surface area contributed by atoms with Gasteiger partial charge in [0.05, 0.1) is 22.5 Å². The van der Waals surface area contributed by atoms with Crippen molar-refractivity contribution in [2.24, 2.45) is 5.10 Å². The molecule has 1 N–H and O–H groups in total. The predicted octanol–water partition coefficient (Wildman–Crippen LogP) is 2.68. The van der Waals surface area contributed by atoms with Gasteiger partial charge in [-0.3, -0.25) is 19.3 Å². The van der Waals surface area contributed by atoms with Gasteiger partial charge in [0.15, 0.2) is 4.96 Å². The van der Waals surface area contributed by atoms with Gasteiger partial charge in [-0.05, 0) is 26.0 Å². The van der Waals surface area contributed by atoms with Gasteiger partial charge in [-0.15, -0.1) is 11.3 Å². The Bertz CT molecular complexity index is 956. The number of nitro benzene ring substituents is 1. The van der Waals surface area contributed by atoms with E-state index in [0.717, 1.165) is 22.0 Å². The maximum absolute atomic E-state index is 12.0. The molecule has 0 unspecified atom stereocenters. The fourth-order valence-electron chi connectivity index (χ4n) is 2.23. The smallest absolute Gasteiger partial charge is 0.271 e. The second-order valence-electron chi connectivity index (χ2n) is 5.08. The normalized spacial score (nSPS) is 11.2. The quantitative estimate of drug-likeness (QED) is 0.447. The molecule has 0 aliphatic carbocycles. The summed E-state index contributed by atoms with van der Waals surface area (Å²) in [4.78, 5) is 27.4. The Kier molecular flexibility index (Phi) is 4.09. The number of imidazole rings is 1. The van der Waals surface area contributed by atoms with Crippen molar-refractivity contribution in [1.82, 2.24) is 14.8 Å². The van der Waals surface area contributed by atoms with Gasteiger partial charge in [-0.1, -0.05) is 0 Å². The van der Waals surface area contributed by atoms with Crippen molar-refractivity contribution in [3.05, 3.63) is 62.4 Å². The van der Waals surface area contributed by atoms with Crippen molar-refractivity contribution in [1.29, 1.82) is 0 Å². The van der Waals surface area contributed by atoms with Crippen LogP contribution in [-0.2, 0) is 0 Å². The molecule has 24 heavy (non-hydrogen) atoms. The zero-order valence-corrected chi connectivity index (χ0v) is 13.7. The Labute approximate surface area is 140 Å². The lowest BCUT2D eigenvalue weighted by Crippen LogP contribution is -2.17. The van der Waals surface area contributed by atoms with E-state index in [1.54, 1.807) is 6.21 Å². The average Bonchev–Trinajstić information content (AvgIpc) is 3.07. The monoisotopic (exact) mass is 343 g/mol. The van der Waals surface area contributed by atoms with Crippen LogP contribution in [0.25, 0.3) is 4.96 Å². The summed E-state index contributed by atoms with van der Waals surface area (Å²) in [6.07, 6.45) is 1.54. The van der Waals surface area contributed by atoms with Crippen LogP contribution >= 0.6 is 11.3 Å². The van der Waals surface area contributed by atoms with Crippen molar-refractivity contribution < 1.29 is 9.72 Å². The number of fused-ring (bicyclic) bond motifs is 1. The largest absolute Gasteiger partial charge is 0.286 e. The highest BCUT2D eigenvalue weighted by Gasteiger charge is 2.11. The van der Waals surface area contributed by atoms with Crippen molar-refractivity contribution in [3.8, 4) is 0 Å². The number of hydrazone groups is 1. The van der Waals surface area contributed by atoms with E-state index >= 15 is 0 Å². The van der Waals surface area contributed by atoms with Crippen LogP contribution in [0.2, 0.25) is 0 Å². The number of non-ortho nitro benzene ring substituents is 1. The van der Waals surface area contributed by atoms with Gasteiger partial charge >= 0.3 is 0 Å². The van der Waals surface area contributed by atoms with Crippen molar-refractivity contribution in [2.75, 3.05) is 0 Å². The van der Waals surface area contributed by atoms with E-state index < -0.39 is 10.8 Å². The second-order valence-corrected chi connectivity index (χ2v) is 5.92. The summed E-state index contributed by atoms with van der Waals surface area (Å²) < 4.78 is 1.96. The SMILES string of the molecule is Cc1nc2scc(C)n2c1/C=N\NC(=O)c1ccc([N+](=O)[O-])cc1. The molecule has 122 valence electrons. The molecule has 0 aliphatic heterocycles. The van der Waals surface area contributed by atoms with Crippen LogP contribution in [0.5, 0.6) is 0 Å². The van der Waals surface area contributed by atoms with E-state index in [-0.39, 0.29) is 5.69 Å². The van der Waals surface area contributed by atoms with Crippen LogP contribution in [0.1, 0.15) is 27.4 Å². The summed E-state index contributed by atoms with van der Waals surface area (Å²) in [6, 6.07) is 5.32. The summed E-state index contributed by atoms with van der Waals surface area (Å²) in [5.41, 5.74) is 5.29. The standard InChI is InChI=1S/C15H13N5O3S/c1-9-8-24-15-17-10(2)13(19(9)15)7-16-18-14(21)11-3-5-12(6-4-11)20(22)23/h3-8H,1-2H3,(H,18,21)/b16-7-. The second kappa shape index (κ2) is 6.20. The molecule has 8 nitrogen and oxygen atoms in total. The molecule has 0 saturated heterocycles. The molecule has 0 saturated carbocycles.